The highest BCUT2D eigenvalue weighted by Gasteiger charge is 2.22. The maximum absolute atomic E-state index is 11.6. The number of carbonyl (C=O) groups excluding carboxylic acids is 3. The second-order valence-corrected chi connectivity index (χ2v) is 10.1. The van der Waals surface area contributed by atoms with Crippen molar-refractivity contribution in [2.45, 2.75) is 25.0 Å². The van der Waals surface area contributed by atoms with E-state index in [4.69, 9.17) is 21.8 Å². The minimum absolute atomic E-state index is 0.0499. The molecule has 0 bridgehead atoms. The largest absolute Gasteiger partial charge is 0.547 e. The first-order valence-corrected chi connectivity index (χ1v) is 13.0. The molecule has 5 rings (SSSR count). The highest BCUT2D eigenvalue weighted by atomic mass is 35.5. The van der Waals surface area contributed by atoms with Crippen molar-refractivity contribution in [3.63, 3.8) is 0 Å². The molecule has 0 spiro atoms. The number of aliphatic hydroxyl groups is 2. The standard InChI is InChI=1S/C21H21ClN4OS.C4H6O6/c22-17-13-18-15(12-20(27)23-18)11-14(17)5-6-25-7-9-26(10-8-25)21-16-3-1-2-4-19(16)28-24-21;5-1(3(7)8)2(6)4(9)10/h1-4,11,13H,5-10,12H2,(H,23,27);1-2,5-6H,(H,7,8)(H,9,10)/p-2. The van der Waals surface area contributed by atoms with Gasteiger partial charge in [0, 0.05) is 48.8 Å². The van der Waals surface area contributed by atoms with Crippen molar-refractivity contribution in [3.8, 4) is 0 Å². The van der Waals surface area contributed by atoms with Crippen LogP contribution in [0.3, 0.4) is 0 Å². The van der Waals surface area contributed by atoms with Crippen LogP contribution in [0.5, 0.6) is 0 Å². The van der Waals surface area contributed by atoms with Gasteiger partial charge in [-0.05, 0) is 47.3 Å². The highest BCUT2D eigenvalue weighted by Crippen LogP contribution is 2.31. The summed E-state index contributed by atoms with van der Waals surface area (Å²) in [5.41, 5.74) is 3.05. The molecule has 0 aliphatic carbocycles. The maximum atomic E-state index is 11.6. The predicted molar refractivity (Wildman–Crippen MR) is 138 cm³/mol. The van der Waals surface area contributed by atoms with Gasteiger partial charge in [-0.2, -0.15) is 4.37 Å². The number of carboxylic acids is 2. The number of hydrogen-bond acceptors (Lipinski definition) is 11. The van der Waals surface area contributed by atoms with Gasteiger partial charge in [0.1, 0.15) is 18.0 Å². The number of aromatic nitrogens is 1. The van der Waals surface area contributed by atoms with Crippen LogP contribution in [-0.2, 0) is 27.2 Å². The fourth-order valence-electron chi connectivity index (χ4n) is 4.31. The van der Waals surface area contributed by atoms with Crippen molar-refractivity contribution in [1.29, 1.82) is 0 Å². The van der Waals surface area contributed by atoms with Crippen molar-refractivity contribution in [1.82, 2.24) is 9.27 Å². The van der Waals surface area contributed by atoms with Gasteiger partial charge in [0.25, 0.3) is 0 Å². The molecule has 1 fully saturated rings. The Bertz CT molecular complexity index is 1320. The number of nitrogens with one attached hydrogen (secondary N) is 1. The van der Waals surface area contributed by atoms with Gasteiger partial charge in [0.15, 0.2) is 0 Å². The first kappa shape index (κ1) is 27.7. The van der Waals surface area contributed by atoms with E-state index in [1.54, 1.807) is 11.5 Å². The number of halogens is 1. The second kappa shape index (κ2) is 12.0. The number of anilines is 2. The molecule has 11 nitrogen and oxygen atoms in total. The smallest absolute Gasteiger partial charge is 0.228 e. The van der Waals surface area contributed by atoms with Gasteiger partial charge < -0.3 is 40.2 Å². The summed E-state index contributed by atoms with van der Waals surface area (Å²) < 4.78 is 5.94. The number of amides is 1. The van der Waals surface area contributed by atoms with Crippen LogP contribution in [0.4, 0.5) is 11.5 Å². The second-order valence-electron chi connectivity index (χ2n) is 8.93. The molecular formula is C25H25ClN4O7S-2. The number of carbonyl (C=O) groups is 3. The molecule has 202 valence electrons. The Labute approximate surface area is 227 Å². The molecule has 0 radical (unpaired) electrons. The average molecular weight is 561 g/mol. The zero-order valence-electron chi connectivity index (χ0n) is 20.1. The van der Waals surface area contributed by atoms with Crippen LogP contribution in [0.25, 0.3) is 10.1 Å². The third kappa shape index (κ3) is 6.40. The van der Waals surface area contributed by atoms with E-state index in [-0.39, 0.29) is 5.91 Å². The summed E-state index contributed by atoms with van der Waals surface area (Å²) in [4.78, 5) is 35.7. The monoisotopic (exact) mass is 560 g/mol. The van der Waals surface area contributed by atoms with Crippen molar-refractivity contribution in [3.05, 3.63) is 52.5 Å². The molecule has 2 unspecified atom stereocenters. The zero-order valence-corrected chi connectivity index (χ0v) is 21.7. The Hall–Kier alpha value is -3.29. The van der Waals surface area contributed by atoms with Crippen LogP contribution < -0.4 is 20.4 Å². The first-order valence-electron chi connectivity index (χ1n) is 11.8. The van der Waals surface area contributed by atoms with E-state index < -0.39 is 24.1 Å². The van der Waals surface area contributed by atoms with E-state index in [1.807, 2.05) is 6.07 Å². The minimum atomic E-state index is -2.44. The van der Waals surface area contributed by atoms with Gasteiger partial charge in [-0.25, -0.2) is 0 Å². The molecule has 1 saturated heterocycles. The number of aliphatic hydroxyl groups excluding tert-OH is 2. The van der Waals surface area contributed by atoms with E-state index in [9.17, 15) is 24.6 Å². The lowest BCUT2D eigenvalue weighted by Crippen LogP contribution is -2.51. The number of benzene rings is 2. The van der Waals surface area contributed by atoms with Gasteiger partial charge in [0.2, 0.25) is 5.91 Å². The Kier molecular flexibility index (Phi) is 8.80. The summed E-state index contributed by atoms with van der Waals surface area (Å²) in [6.07, 6.45) is -3.52. The molecular weight excluding hydrogens is 536 g/mol. The number of hydrogen-bond donors (Lipinski definition) is 3. The summed E-state index contributed by atoms with van der Waals surface area (Å²) in [6.45, 7) is 5.00. The number of carboxylic acid groups (broad SMARTS) is 2. The Morgan fingerprint density at radius 2 is 1.74 bits per heavy atom. The number of nitrogens with zero attached hydrogens (tertiary/aromatic N) is 3. The summed E-state index contributed by atoms with van der Waals surface area (Å²) >= 11 is 8.01. The fraction of sp³-hybridized carbons (Fsp3) is 0.360. The molecule has 2 atom stereocenters. The maximum Gasteiger partial charge on any atom is 0.228 e. The molecule has 38 heavy (non-hydrogen) atoms. The van der Waals surface area contributed by atoms with Gasteiger partial charge in [-0.3, -0.25) is 9.69 Å². The van der Waals surface area contributed by atoms with Crippen LogP contribution in [-0.4, -0.2) is 82.3 Å². The molecule has 3 N–H and O–H groups in total. The highest BCUT2D eigenvalue weighted by molar-refractivity contribution is 7.13. The van der Waals surface area contributed by atoms with Gasteiger partial charge >= 0.3 is 0 Å². The van der Waals surface area contributed by atoms with E-state index >= 15 is 0 Å². The average Bonchev–Trinajstić information content (AvgIpc) is 3.49. The van der Waals surface area contributed by atoms with Crippen molar-refractivity contribution < 1.29 is 34.8 Å². The Balaban J connectivity index is 0.000000289. The van der Waals surface area contributed by atoms with Gasteiger partial charge in [-0.1, -0.05) is 29.8 Å². The van der Waals surface area contributed by atoms with Gasteiger partial charge in [0.05, 0.1) is 23.1 Å². The minimum Gasteiger partial charge on any atom is -0.547 e. The molecule has 1 amide bonds. The number of fused-ring (bicyclic) bond motifs is 2. The van der Waals surface area contributed by atoms with Gasteiger partial charge in [-0.15, -0.1) is 0 Å². The van der Waals surface area contributed by atoms with Crippen molar-refractivity contribution in [2.75, 3.05) is 42.9 Å². The molecule has 0 saturated carbocycles. The lowest BCUT2D eigenvalue weighted by molar-refractivity contribution is -0.333. The quantitative estimate of drug-likeness (QED) is 0.326. The molecule has 1 aromatic heterocycles. The van der Waals surface area contributed by atoms with Crippen LogP contribution >= 0.6 is 23.1 Å². The number of piperazine rings is 1. The molecule has 2 aliphatic rings. The Morgan fingerprint density at radius 1 is 1.08 bits per heavy atom. The molecule has 3 aromatic rings. The third-order valence-corrected chi connectivity index (χ3v) is 7.58. The summed E-state index contributed by atoms with van der Waals surface area (Å²) in [6, 6.07) is 12.4. The lowest BCUT2D eigenvalue weighted by Gasteiger charge is -2.35. The van der Waals surface area contributed by atoms with Crippen molar-refractivity contribution >= 4 is 62.6 Å². The summed E-state index contributed by atoms with van der Waals surface area (Å²) in [5.74, 6) is -2.94. The van der Waals surface area contributed by atoms with E-state index in [1.165, 1.54) is 10.1 Å². The summed E-state index contributed by atoms with van der Waals surface area (Å²) in [5, 5.41) is 40.6. The SMILES string of the molecule is O=C([O-])C(O)C(O)C(=O)[O-].O=C1Cc2cc(CCN3CCN(c4nsc5ccccc45)CC3)c(Cl)cc2N1. The Morgan fingerprint density at radius 3 is 2.39 bits per heavy atom. The van der Waals surface area contributed by atoms with E-state index in [2.05, 4.69) is 49.8 Å². The number of aliphatic carboxylic acids is 2. The third-order valence-electron chi connectivity index (χ3n) is 6.41. The summed E-state index contributed by atoms with van der Waals surface area (Å²) in [7, 11) is 0. The zero-order chi connectivity index (χ0) is 27.4. The van der Waals surface area contributed by atoms with E-state index in [0.717, 1.165) is 66.8 Å². The van der Waals surface area contributed by atoms with Crippen LogP contribution in [0.15, 0.2) is 36.4 Å². The lowest BCUT2D eigenvalue weighted by atomic mass is 10.1. The molecule has 2 aliphatic heterocycles. The van der Waals surface area contributed by atoms with Crippen LogP contribution in [0.1, 0.15) is 11.1 Å². The fourth-order valence-corrected chi connectivity index (χ4v) is 5.36. The van der Waals surface area contributed by atoms with Crippen LogP contribution in [0.2, 0.25) is 5.02 Å². The normalized spacial score (nSPS) is 16.8. The van der Waals surface area contributed by atoms with Crippen molar-refractivity contribution in [2.24, 2.45) is 0 Å². The van der Waals surface area contributed by atoms with Crippen LogP contribution in [0, 0.1) is 0 Å². The molecule has 3 heterocycles. The molecule has 2 aromatic carbocycles. The molecule has 13 heteroatoms. The predicted octanol–water partition coefficient (Wildman–Crippen LogP) is -0.983. The van der Waals surface area contributed by atoms with E-state index in [0.29, 0.717) is 6.42 Å². The number of rotatable bonds is 7. The first-order chi connectivity index (χ1) is 18.1. The topological polar surface area (TPSA) is 169 Å².